The molecule has 45 heteroatoms. The smallest absolute Gasteiger partial charge is 0.329 e. The van der Waals surface area contributed by atoms with E-state index in [2.05, 4.69) is 70.4 Å². The summed E-state index contributed by atoms with van der Waals surface area (Å²) in [6, 6.07) is -5.41. The van der Waals surface area contributed by atoms with E-state index in [1.54, 1.807) is 30.5 Å². The number of nitrogens with two attached hydrogens (primary N) is 3. The van der Waals surface area contributed by atoms with Gasteiger partial charge in [-0.15, -0.1) is 0 Å². The molecule has 1 aliphatic heterocycles. The second-order valence-corrected chi connectivity index (χ2v) is 29.3. The minimum Gasteiger partial charge on any atom is -0.481 e. The number of carboxylic acids is 4. The summed E-state index contributed by atoms with van der Waals surface area (Å²) < 4.78 is 5.72. The molecule has 0 radical (unpaired) electrons. The van der Waals surface area contributed by atoms with Crippen molar-refractivity contribution in [2.75, 3.05) is 37.7 Å². The number of aliphatic hydroxyl groups is 1. The van der Waals surface area contributed by atoms with Crippen LogP contribution < -0.4 is 91.6 Å². The first-order valence-corrected chi connectivity index (χ1v) is 39.6. The number of para-hydroxylation sites is 2. The number of nitrogen functional groups attached to an aromatic ring is 2. The number of aromatic amines is 1. The van der Waals surface area contributed by atoms with E-state index >= 15 is 0 Å². The fourth-order valence-corrected chi connectivity index (χ4v) is 12.7. The molecule has 13 unspecified atom stereocenters. The maximum Gasteiger partial charge on any atom is 0.329 e. The molecule has 1 fully saturated rings. The maximum atomic E-state index is 15.0. The van der Waals surface area contributed by atoms with Crippen LogP contribution in [0.1, 0.15) is 157 Å². The molecular weight excluding hydrogens is 1630 g/mol. The van der Waals surface area contributed by atoms with E-state index in [4.69, 9.17) is 21.9 Å². The summed E-state index contributed by atoms with van der Waals surface area (Å²) >= 11 is 0. The Labute approximate surface area is 708 Å². The number of Topliss-reactive ketones (excluding diaryl/α,β-unsaturated/α-hetero) is 1. The largest absolute Gasteiger partial charge is 0.481 e. The third-order valence-corrected chi connectivity index (χ3v) is 19.3. The number of aliphatic carboxylic acids is 4. The number of anilines is 2. The van der Waals surface area contributed by atoms with Gasteiger partial charge < -0.3 is 127 Å². The number of ketones is 1. The lowest BCUT2D eigenvalue weighted by Gasteiger charge is -2.30. The van der Waals surface area contributed by atoms with E-state index < -0.39 is 267 Å². The molecule has 1 aromatic heterocycles. The molecule has 124 heavy (non-hydrogen) atoms. The number of hydrogen-bond acceptors (Lipinski definition) is 25. The highest BCUT2D eigenvalue weighted by Gasteiger charge is 2.41. The van der Waals surface area contributed by atoms with Crippen LogP contribution in [-0.4, -0.2) is 254 Å². The van der Waals surface area contributed by atoms with Gasteiger partial charge in [-0.05, 0) is 81.0 Å². The molecule has 45 nitrogen and oxygen atoms in total. The molecule has 674 valence electrons. The highest BCUT2D eigenvalue weighted by Crippen LogP contribution is 2.22. The van der Waals surface area contributed by atoms with Crippen molar-refractivity contribution in [3.05, 3.63) is 95.7 Å². The van der Waals surface area contributed by atoms with Gasteiger partial charge in [-0.25, -0.2) is 4.79 Å². The molecule has 1 aliphatic rings. The number of aliphatic hydroxyl groups excluding tert-OH is 1. The number of esters is 1. The molecule has 1 saturated heterocycles. The Morgan fingerprint density at radius 3 is 1.73 bits per heavy atom. The van der Waals surface area contributed by atoms with Gasteiger partial charge in [-0.2, -0.15) is 0 Å². The number of fused-ring (bicyclic) bond motifs is 1. The number of carboxylic acid groups (broad SMARTS) is 4. The van der Waals surface area contributed by atoms with Gasteiger partial charge in [0.25, 0.3) is 5.91 Å². The minimum atomic E-state index is -2.50. The summed E-state index contributed by atoms with van der Waals surface area (Å²) in [4.78, 5) is 292. The lowest BCUT2D eigenvalue weighted by molar-refractivity contribution is -0.156. The average Bonchev–Trinajstić information content (AvgIpc) is 1.82. The highest BCUT2D eigenvalue weighted by molar-refractivity contribution is 6.05. The summed E-state index contributed by atoms with van der Waals surface area (Å²) in [5, 5.41) is 81.7. The van der Waals surface area contributed by atoms with E-state index in [9.17, 15) is 126 Å². The minimum absolute atomic E-state index is 0.0313. The van der Waals surface area contributed by atoms with Crippen molar-refractivity contribution in [1.29, 1.82) is 0 Å². The molecule has 0 saturated carbocycles. The van der Waals surface area contributed by atoms with Crippen LogP contribution in [0, 0.1) is 5.92 Å². The van der Waals surface area contributed by atoms with E-state index in [1.807, 2.05) is 16.0 Å². The number of carbonyl (C=O) groups is 21. The molecule has 4 aromatic rings. The van der Waals surface area contributed by atoms with Gasteiger partial charge in [0, 0.05) is 65.4 Å². The van der Waals surface area contributed by atoms with E-state index in [0.717, 1.165) is 52.9 Å². The Hall–Kier alpha value is -14.2. The molecule has 15 amide bonds. The molecule has 3 aromatic carbocycles. The maximum absolute atomic E-state index is 15.0. The molecule has 26 N–H and O–H groups in total. The van der Waals surface area contributed by atoms with Gasteiger partial charge in [0.1, 0.15) is 72.6 Å². The van der Waals surface area contributed by atoms with Crippen LogP contribution in [0.4, 0.5) is 11.4 Å². The van der Waals surface area contributed by atoms with Gasteiger partial charge in [0.2, 0.25) is 82.7 Å². The lowest BCUT2D eigenvalue weighted by atomic mass is 9.96. The molecule has 0 spiro atoms. The number of hydrogen-bond donors (Lipinski definition) is 23. The third-order valence-electron chi connectivity index (χ3n) is 19.3. The number of H-pyrrole nitrogens is 1. The topological polar surface area (TPSA) is 731 Å². The number of rotatable bonds is 37. The number of unbranched alkanes of at least 4 members (excludes halogenated alkanes) is 6. The van der Waals surface area contributed by atoms with Crippen molar-refractivity contribution in [2.24, 2.45) is 11.7 Å². The van der Waals surface area contributed by atoms with Gasteiger partial charge >= 0.3 is 29.8 Å². The first-order chi connectivity index (χ1) is 58.7. The van der Waals surface area contributed by atoms with Crippen molar-refractivity contribution in [1.82, 2.24) is 79.4 Å². The predicted molar refractivity (Wildman–Crippen MR) is 434 cm³/mol. The number of aromatic nitrogens is 1. The highest BCUT2D eigenvalue weighted by atomic mass is 16.5. The van der Waals surface area contributed by atoms with E-state index in [0.29, 0.717) is 29.3 Å². The quantitative estimate of drug-likeness (QED) is 0.00875. The zero-order valence-electron chi connectivity index (χ0n) is 68.3. The third kappa shape index (κ3) is 33.8. The van der Waals surface area contributed by atoms with Gasteiger partial charge in [0.05, 0.1) is 51.8 Å². The van der Waals surface area contributed by atoms with Gasteiger partial charge in [0.15, 0.2) is 5.78 Å². The molecule has 5 rings (SSSR count). The van der Waals surface area contributed by atoms with Crippen molar-refractivity contribution in [3.8, 4) is 0 Å². The Kier molecular flexibility index (Phi) is 40.6. The summed E-state index contributed by atoms with van der Waals surface area (Å²) in [5.41, 5.74) is 18.5. The fraction of sp³-hybridized carbons (Fsp3) is 0.481. The van der Waals surface area contributed by atoms with Crippen molar-refractivity contribution < 1.29 is 131 Å². The van der Waals surface area contributed by atoms with Crippen LogP contribution in [-0.2, 0) is 102 Å². The standard InChI is InChI=1S/C79H106N18O27/c1-5-6-7-8-9-10-11-25-59(101)89-50(29-43-35-84-48-23-15-13-20-45(43)48)73(117)92-51(31-58(82)100)74(118)94-54(34-65(110)111)75(119)97-67-41(4)124-79(123)55(30-57(99)46-21-12-14-22-47(46)81)95-78(122)66(39(2)27-62(104)105)96-76(120)56(38-98)90-61(103)36-85-70(114)52(32-63(106)107)91-68(112)40(3)87-72(116)53(33-64(108)109)93-71(115)49(88-60(102)37-86-77(67)121)24-17-26-83-69(113)42-18-16-19-44(80)28-42/h12-16,18-23,28,35,39-41,49-56,66-67,84,98H,5-11,17,24-27,29-34,36-38,80-81H2,1-4H3,(H2,82,100)(H,83,113)(H,85,114)(H,86,121)(H,87,116)(H,88,102)(H,89,101)(H,90,103)(H,91,112)(H,92,117)(H,93,115)(H,94,118)(H,95,122)(H,96,120)(H,97,119)(H,104,105)(H,106,107)(H,108,109)(H,110,111). The number of primary amides is 1. The summed E-state index contributed by atoms with van der Waals surface area (Å²) in [7, 11) is 0. The van der Waals surface area contributed by atoms with Crippen LogP contribution in [0.15, 0.2) is 79.0 Å². The van der Waals surface area contributed by atoms with Crippen LogP contribution >= 0.6 is 0 Å². The zero-order valence-corrected chi connectivity index (χ0v) is 68.3. The Bertz CT molecular complexity index is 4580. The fourth-order valence-electron chi connectivity index (χ4n) is 12.7. The monoisotopic (exact) mass is 1740 g/mol. The molecular formula is C79H106N18O27. The Morgan fingerprint density at radius 1 is 0.540 bits per heavy atom. The Balaban J connectivity index is 1.63. The number of cyclic esters (lactones) is 1. The van der Waals surface area contributed by atoms with Crippen molar-refractivity contribution in [3.63, 3.8) is 0 Å². The van der Waals surface area contributed by atoms with Crippen LogP contribution in [0.25, 0.3) is 10.9 Å². The first kappa shape index (κ1) is 100. The van der Waals surface area contributed by atoms with E-state index in [-0.39, 0.29) is 48.3 Å². The summed E-state index contributed by atoms with van der Waals surface area (Å²) in [6.07, 6.45) is -2.94. The van der Waals surface area contributed by atoms with Crippen LogP contribution in [0.2, 0.25) is 0 Å². The van der Waals surface area contributed by atoms with Gasteiger partial charge in [-0.1, -0.05) is 88.8 Å². The molecule has 0 bridgehead atoms. The Morgan fingerprint density at radius 2 is 1.10 bits per heavy atom. The SMILES string of the molecule is CCCCCCCCCC(=O)NC(Cc1c[nH]c2ccccc12)C(=O)NC(CC(N)=O)C(=O)NC(CC(=O)O)C(=O)NC1C(=O)NCC(=O)NC(CCCNC(=O)c2cccc(N)c2)C(=O)NC(CC(=O)O)C(=O)NC(C)C(=O)NC(CC(=O)O)C(=O)NCC(=O)NC(CO)C(=O)NC(C(C)CC(=O)O)C(=O)NC(CC(=O)c2ccccc2N)C(=O)OC1C. The van der Waals surface area contributed by atoms with Crippen LogP contribution in [0.3, 0.4) is 0 Å². The number of benzene rings is 3. The van der Waals surface area contributed by atoms with E-state index in [1.165, 1.54) is 48.5 Å². The van der Waals surface area contributed by atoms with Gasteiger partial charge in [-0.3, -0.25) is 95.9 Å². The number of amides is 15. The van der Waals surface area contributed by atoms with Crippen molar-refractivity contribution >= 4 is 147 Å². The second-order valence-electron chi connectivity index (χ2n) is 29.3. The number of ether oxygens (including phenoxy) is 1. The first-order valence-electron chi connectivity index (χ1n) is 39.6. The lowest BCUT2D eigenvalue weighted by Crippen LogP contribution is -2.62. The normalized spacial score (nSPS) is 20.4. The summed E-state index contributed by atoms with van der Waals surface area (Å²) in [5.74, 6) is -31.0. The summed E-state index contributed by atoms with van der Waals surface area (Å²) in [6.45, 7) is 0.851. The molecule has 2 heterocycles. The number of carbonyl (C=O) groups excluding carboxylic acids is 17. The van der Waals surface area contributed by atoms with Crippen molar-refractivity contribution in [2.45, 2.75) is 209 Å². The number of nitrogens with one attached hydrogen (secondary N) is 15. The predicted octanol–water partition coefficient (Wildman–Crippen LogP) is -4.57. The van der Waals surface area contributed by atoms with Crippen LogP contribution in [0.5, 0.6) is 0 Å². The second kappa shape index (κ2) is 50.2. The molecule has 0 aliphatic carbocycles. The zero-order chi connectivity index (χ0) is 92.0. The average molecular weight is 1740 g/mol. The molecule has 13 atom stereocenters.